The fraction of sp³-hybridized carbons (Fsp3) is 0.522. The van der Waals surface area contributed by atoms with E-state index < -0.39 is 0 Å². The average Bonchev–Trinajstić information content (AvgIpc) is 3.53. The van der Waals surface area contributed by atoms with Gasteiger partial charge in [-0.05, 0) is 63.9 Å². The lowest BCUT2D eigenvalue weighted by Crippen LogP contribution is -2.43. The minimum absolute atomic E-state index is 0.0393. The maximum absolute atomic E-state index is 13.1. The number of aromatic nitrogens is 2. The summed E-state index contributed by atoms with van der Waals surface area (Å²) in [5.74, 6) is -0.142. The maximum Gasteiger partial charge on any atom is 0.255 e. The van der Waals surface area contributed by atoms with Crippen LogP contribution < -0.4 is 26.6 Å². The molecule has 2 aliphatic heterocycles. The predicted octanol–water partition coefficient (Wildman–Crippen LogP) is 2.41. The van der Waals surface area contributed by atoms with Gasteiger partial charge < -0.3 is 26.6 Å². The molecule has 2 aromatic rings. The standard InChI is InChI=1S/C23H31N7O2/c1-13-19(23(32)26-16-8-10-24-11-9-16)20(30-29-13)21-27-17-7-6-14(12-18(17)28-21)22(31)25-15-4-2-3-5-15/h6-7,12,15-16,21,24,27-28H,2-5,8-11H2,1H3,(H,25,31)(H,26,32)(H,29,30). The molecule has 32 heavy (non-hydrogen) atoms. The normalized spacial score (nSPS) is 21.0. The van der Waals surface area contributed by atoms with E-state index in [0.29, 0.717) is 16.8 Å². The third-order valence-electron chi connectivity index (χ3n) is 6.72. The number of carbonyl (C=O) groups is 2. The van der Waals surface area contributed by atoms with Crippen LogP contribution in [0.1, 0.15) is 76.8 Å². The van der Waals surface area contributed by atoms with E-state index in [9.17, 15) is 9.59 Å². The van der Waals surface area contributed by atoms with Crippen molar-refractivity contribution < 1.29 is 9.59 Å². The molecule has 1 saturated carbocycles. The van der Waals surface area contributed by atoms with E-state index in [1.54, 1.807) is 0 Å². The summed E-state index contributed by atoms with van der Waals surface area (Å²) in [6, 6.07) is 6.05. The van der Waals surface area contributed by atoms with Crippen LogP contribution in [0.2, 0.25) is 0 Å². The number of nitrogens with zero attached hydrogens (tertiary/aromatic N) is 1. The van der Waals surface area contributed by atoms with Gasteiger partial charge in [0, 0.05) is 23.3 Å². The molecule has 9 nitrogen and oxygen atoms in total. The third kappa shape index (κ3) is 4.17. The van der Waals surface area contributed by atoms with Crippen LogP contribution in [-0.4, -0.2) is 47.2 Å². The van der Waals surface area contributed by atoms with Gasteiger partial charge in [-0.1, -0.05) is 12.8 Å². The number of H-pyrrole nitrogens is 1. The van der Waals surface area contributed by atoms with E-state index in [-0.39, 0.29) is 30.1 Å². The van der Waals surface area contributed by atoms with E-state index in [1.807, 2.05) is 25.1 Å². The first-order chi connectivity index (χ1) is 15.6. The number of hydrogen-bond acceptors (Lipinski definition) is 6. The lowest BCUT2D eigenvalue weighted by molar-refractivity contribution is 0.0923. The number of benzene rings is 1. The highest BCUT2D eigenvalue weighted by Gasteiger charge is 2.31. The van der Waals surface area contributed by atoms with E-state index in [0.717, 1.165) is 55.8 Å². The van der Waals surface area contributed by atoms with Crippen molar-refractivity contribution in [1.29, 1.82) is 0 Å². The van der Waals surface area contributed by atoms with E-state index in [4.69, 9.17) is 0 Å². The second-order valence-corrected chi connectivity index (χ2v) is 9.04. The molecular weight excluding hydrogens is 406 g/mol. The van der Waals surface area contributed by atoms with Crippen LogP contribution in [0.4, 0.5) is 11.4 Å². The largest absolute Gasteiger partial charge is 0.359 e. The molecule has 2 fully saturated rings. The van der Waals surface area contributed by atoms with E-state index in [2.05, 4.69) is 36.8 Å². The first-order valence-electron chi connectivity index (χ1n) is 11.6. The number of anilines is 2. The number of fused-ring (bicyclic) bond motifs is 1. The summed E-state index contributed by atoms with van der Waals surface area (Å²) >= 11 is 0. The van der Waals surface area contributed by atoms with Crippen molar-refractivity contribution in [3.63, 3.8) is 0 Å². The lowest BCUT2D eigenvalue weighted by atomic mass is 10.1. The molecule has 1 saturated heterocycles. The Bertz CT molecular complexity index is 1010. The molecule has 1 aromatic heterocycles. The minimum atomic E-state index is -0.350. The molecule has 9 heteroatoms. The van der Waals surface area contributed by atoms with E-state index >= 15 is 0 Å². The monoisotopic (exact) mass is 437 g/mol. The molecule has 3 heterocycles. The van der Waals surface area contributed by atoms with Gasteiger partial charge in [-0.15, -0.1) is 0 Å². The third-order valence-corrected chi connectivity index (χ3v) is 6.72. The fourth-order valence-corrected chi connectivity index (χ4v) is 4.92. The molecule has 5 rings (SSSR count). The topological polar surface area (TPSA) is 123 Å². The summed E-state index contributed by atoms with van der Waals surface area (Å²) < 4.78 is 0. The number of aryl methyl sites for hydroxylation is 1. The molecule has 6 N–H and O–H groups in total. The molecule has 3 aliphatic rings. The SMILES string of the molecule is Cc1[nH]nc(C2Nc3ccc(C(=O)NC4CCCC4)cc3N2)c1C(=O)NC1CCNCC1. The van der Waals surface area contributed by atoms with Gasteiger partial charge in [0.05, 0.1) is 16.9 Å². The number of aromatic amines is 1. The summed E-state index contributed by atoms with van der Waals surface area (Å²) in [5.41, 5.74) is 4.29. The Morgan fingerprint density at radius 3 is 2.41 bits per heavy atom. The summed E-state index contributed by atoms with van der Waals surface area (Å²) in [7, 11) is 0. The summed E-state index contributed by atoms with van der Waals surface area (Å²) in [5, 5.41) is 23.8. The first-order valence-corrected chi connectivity index (χ1v) is 11.6. The average molecular weight is 438 g/mol. The van der Waals surface area contributed by atoms with Crippen LogP contribution >= 0.6 is 0 Å². The Labute approximate surface area is 187 Å². The predicted molar refractivity (Wildman–Crippen MR) is 123 cm³/mol. The molecule has 170 valence electrons. The quantitative estimate of drug-likeness (QED) is 0.427. The molecule has 2 amide bonds. The zero-order chi connectivity index (χ0) is 22.1. The highest BCUT2D eigenvalue weighted by molar-refractivity contribution is 5.98. The molecule has 1 aromatic carbocycles. The van der Waals surface area contributed by atoms with Crippen molar-refractivity contribution in [1.82, 2.24) is 26.1 Å². The van der Waals surface area contributed by atoms with E-state index in [1.165, 1.54) is 12.8 Å². The summed E-state index contributed by atoms with van der Waals surface area (Å²) in [4.78, 5) is 25.7. The van der Waals surface area contributed by atoms with Gasteiger partial charge in [0.1, 0.15) is 11.9 Å². The van der Waals surface area contributed by atoms with Gasteiger partial charge in [0.15, 0.2) is 0 Å². The van der Waals surface area contributed by atoms with Crippen LogP contribution in [0, 0.1) is 6.92 Å². The molecule has 0 bridgehead atoms. The molecule has 0 radical (unpaired) electrons. The van der Waals surface area contributed by atoms with Gasteiger partial charge >= 0.3 is 0 Å². The van der Waals surface area contributed by atoms with Crippen LogP contribution in [0.15, 0.2) is 18.2 Å². The maximum atomic E-state index is 13.1. The number of rotatable bonds is 5. The highest BCUT2D eigenvalue weighted by atomic mass is 16.2. The number of piperidine rings is 1. The van der Waals surface area contributed by atoms with Gasteiger partial charge in [-0.25, -0.2) is 0 Å². The Kier molecular flexibility index (Phi) is 5.73. The zero-order valence-corrected chi connectivity index (χ0v) is 18.4. The van der Waals surface area contributed by atoms with Crippen molar-refractivity contribution in [3.05, 3.63) is 40.7 Å². The second kappa shape index (κ2) is 8.82. The summed E-state index contributed by atoms with van der Waals surface area (Å²) in [6.45, 7) is 3.70. The van der Waals surface area contributed by atoms with Gasteiger partial charge in [0.2, 0.25) is 0 Å². The van der Waals surface area contributed by atoms with Crippen molar-refractivity contribution in [2.75, 3.05) is 23.7 Å². The smallest absolute Gasteiger partial charge is 0.255 e. The molecule has 0 spiro atoms. The number of hydrogen-bond donors (Lipinski definition) is 6. The van der Waals surface area contributed by atoms with Crippen LogP contribution in [-0.2, 0) is 0 Å². The molecule has 1 aliphatic carbocycles. The number of amides is 2. The Balaban J connectivity index is 1.29. The fourth-order valence-electron chi connectivity index (χ4n) is 4.92. The Hall–Kier alpha value is -3.07. The first kappa shape index (κ1) is 20.8. The van der Waals surface area contributed by atoms with Crippen LogP contribution in [0.25, 0.3) is 0 Å². The molecule has 1 atom stereocenters. The van der Waals surface area contributed by atoms with Crippen molar-refractivity contribution >= 4 is 23.2 Å². The number of nitrogens with one attached hydrogen (secondary N) is 6. The second-order valence-electron chi connectivity index (χ2n) is 9.04. The zero-order valence-electron chi connectivity index (χ0n) is 18.4. The minimum Gasteiger partial charge on any atom is -0.359 e. The van der Waals surface area contributed by atoms with Crippen LogP contribution in [0.5, 0.6) is 0 Å². The van der Waals surface area contributed by atoms with Crippen LogP contribution in [0.3, 0.4) is 0 Å². The van der Waals surface area contributed by atoms with Gasteiger partial charge in [-0.2, -0.15) is 5.10 Å². The Morgan fingerprint density at radius 2 is 1.62 bits per heavy atom. The van der Waals surface area contributed by atoms with Crippen molar-refractivity contribution in [2.24, 2.45) is 0 Å². The van der Waals surface area contributed by atoms with Crippen molar-refractivity contribution in [3.8, 4) is 0 Å². The summed E-state index contributed by atoms with van der Waals surface area (Å²) in [6.07, 6.45) is 5.97. The van der Waals surface area contributed by atoms with Gasteiger partial charge in [0.25, 0.3) is 11.8 Å². The molecular formula is C23H31N7O2. The lowest BCUT2D eigenvalue weighted by Gasteiger charge is -2.24. The Morgan fingerprint density at radius 1 is 0.938 bits per heavy atom. The highest BCUT2D eigenvalue weighted by Crippen LogP contribution is 2.36. The molecule has 1 unspecified atom stereocenters. The van der Waals surface area contributed by atoms with Crippen molar-refractivity contribution in [2.45, 2.75) is 63.7 Å². The van der Waals surface area contributed by atoms with Gasteiger partial charge in [-0.3, -0.25) is 14.7 Å². The number of carbonyl (C=O) groups excluding carboxylic acids is 2.